The summed E-state index contributed by atoms with van der Waals surface area (Å²) in [6.07, 6.45) is 3.91. The third-order valence-corrected chi connectivity index (χ3v) is 5.51. The molecule has 1 aliphatic carbocycles. The van der Waals surface area contributed by atoms with Crippen molar-refractivity contribution in [2.45, 2.75) is 37.4 Å². The van der Waals surface area contributed by atoms with Crippen LogP contribution in [0.4, 0.5) is 0 Å². The number of benzene rings is 1. The maximum atomic E-state index is 6.14. The van der Waals surface area contributed by atoms with Crippen molar-refractivity contribution in [3.8, 4) is 0 Å². The summed E-state index contributed by atoms with van der Waals surface area (Å²) in [5, 5.41) is 0. The number of nitrogens with two attached hydrogens (primary N) is 1. The fourth-order valence-electron chi connectivity index (χ4n) is 3.98. The molecule has 23 heavy (non-hydrogen) atoms. The van der Waals surface area contributed by atoms with Crippen LogP contribution in [0.5, 0.6) is 0 Å². The van der Waals surface area contributed by atoms with E-state index in [4.69, 9.17) is 20.2 Å². The van der Waals surface area contributed by atoms with Crippen LogP contribution in [-0.2, 0) is 16.5 Å². The van der Waals surface area contributed by atoms with Gasteiger partial charge in [0.05, 0.1) is 11.0 Å². The topological polar surface area (TPSA) is 62.3 Å². The number of hydrogen-bond acceptors (Lipinski definition) is 4. The summed E-state index contributed by atoms with van der Waals surface area (Å²) in [6.45, 7) is 0.620. The Labute approximate surface area is 137 Å². The fraction of sp³-hybridized carbons (Fsp3) is 0.611. The van der Waals surface area contributed by atoms with E-state index in [1.807, 2.05) is 6.07 Å². The summed E-state index contributed by atoms with van der Waals surface area (Å²) in [5.74, 6) is 1.48. The van der Waals surface area contributed by atoms with E-state index in [2.05, 4.69) is 29.8 Å². The van der Waals surface area contributed by atoms with Crippen LogP contribution in [0.15, 0.2) is 24.3 Å². The number of fused-ring (bicyclic) bond motifs is 1. The summed E-state index contributed by atoms with van der Waals surface area (Å²) < 4.78 is 13.4. The number of hydrogen-bond donors (Lipinski definition) is 1. The molecule has 1 aliphatic rings. The van der Waals surface area contributed by atoms with Crippen LogP contribution in [0.1, 0.15) is 37.4 Å². The van der Waals surface area contributed by atoms with Crippen molar-refractivity contribution < 1.29 is 9.47 Å². The van der Waals surface area contributed by atoms with E-state index in [0.717, 1.165) is 37.0 Å². The van der Waals surface area contributed by atoms with Crippen LogP contribution in [0.3, 0.4) is 0 Å². The number of rotatable bonds is 5. The molecule has 3 rings (SSSR count). The molecule has 1 heterocycles. The number of aryl methyl sites for hydroxylation is 1. The first-order valence-corrected chi connectivity index (χ1v) is 8.36. The quantitative estimate of drug-likeness (QED) is 0.861. The minimum absolute atomic E-state index is 0.277. The van der Waals surface area contributed by atoms with Crippen molar-refractivity contribution in [3.05, 3.63) is 30.1 Å². The van der Waals surface area contributed by atoms with Crippen LogP contribution in [0.25, 0.3) is 11.0 Å². The number of imidazole rings is 1. The van der Waals surface area contributed by atoms with E-state index >= 15 is 0 Å². The van der Waals surface area contributed by atoms with E-state index in [1.54, 1.807) is 14.2 Å². The molecule has 1 aromatic heterocycles. The highest BCUT2D eigenvalue weighted by Crippen LogP contribution is 2.41. The van der Waals surface area contributed by atoms with E-state index in [1.165, 1.54) is 5.52 Å². The van der Waals surface area contributed by atoms with E-state index in [9.17, 15) is 0 Å². The molecule has 0 aliphatic heterocycles. The van der Waals surface area contributed by atoms with Gasteiger partial charge in [-0.1, -0.05) is 12.1 Å². The summed E-state index contributed by atoms with van der Waals surface area (Å²) in [6, 6.07) is 8.26. The molecular formula is C18H27N3O2. The monoisotopic (exact) mass is 317 g/mol. The predicted octanol–water partition coefficient (Wildman–Crippen LogP) is 2.79. The second-order valence-electron chi connectivity index (χ2n) is 6.52. The molecule has 0 saturated heterocycles. The first-order valence-electron chi connectivity index (χ1n) is 8.36. The van der Waals surface area contributed by atoms with E-state index < -0.39 is 5.79 Å². The number of para-hydroxylation sites is 2. The molecular weight excluding hydrogens is 290 g/mol. The van der Waals surface area contributed by atoms with Gasteiger partial charge in [-0.25, -0.2) is 4.98 Å². The second-order valence-corrected chi connectivity index (χ2v) is 6.52. The Morgan fingerprint density at radius 2 is 1.91 bits per heavy atom. The molecule has 1 fully saturated rings. The van der Waals surface area contributed by atoms with Gasteiger partial charge in [0.15, 0.2) is 5.79 Å². The Hall–Kier alpha value is -1.43. The fourth-order valence-corrected chi connectivity index (χ4v) is 3.98. The SMILES string of the molecule is COC1(OC)CCC(C(CN)c2nc3ccccc3n2C)CC1. The van der Waals surface area contributed by atoms with Gasteiger partial charge in [0.2, 0.25) is 0 Å². The third-order valence-electron chi connectivity index (χ3n) is 5.51. The normalized spacial score (nSPS) is 20.0. The second kappa shape index (κ2) is 6.59. The predicted molar refractivity (Wildman–Crippen MR) is 91.2 cm³/mol. The molecule has 0 amide bonds. The molecule has 2 N–H and O–H groups in total. The van der Waals surface area contributed by atoms with Gasteiger partial charge in [-0.2, -0.15) is 0 Å². The first-order chi connectivity index (χ1) is 11.1. The lowest BCUT2D eigenvalue weighted by atomic mass is 9.77. The van der Waals surface area contributed by atoms with Gasteiger partial charge in [-0.15, -0.1) is 0 Å². The minimum Gasteiger partial charge on any atom is -0.353 e. The van der Waals surface area contributed by atoms with Crippen molar-refractivity contribution in [2.75, 3.05) is 20.8 Å². The van der Waals surface area contributed by atoms with E-state index in [0.29, 0.717) is 12.5 Å². The Kier molecular flexibility index (Phi) is 4.71. The number of aromatic nitrogens is 2. The van der Waals surface area contributed by atoms with Crippen molar-refractivity contribution >= 4 is 11.0 Å². The van der Waals surface area contributed by atoms with Crippen molar-refractivity contribution in [2.24, 2.45) is 18.7 Å². The molecule has 2 aromatic rings. The maximum Gasteiger partial charge on any atom is 0.167 e. The summed E-state index contributed by atoms with van der Waals surface area (Å²) >= 11 is 0. The molecule has 126 valence electrons. The lowest BCUT2D eigenvalue weighted by Gasteiger charge is -2.39. The van der Waals surface area contributed by atoms with Gasteiger partial charge in [0.25, 0.3) is 0 Å². The standard InChI is InChI=1S/C18H27N3O2/c1-21-16-7-5-4-6-15(16)20-17(21)14(12-19)13-8-10-18(22-2,23-3)11-9-13/h4-7,13-14H,8-12,19H2,1-3H3. The molecule has 5 nitrogen and oxygen atoms in total. The largest absolute Gasteiger partial charge is 0.353 e. The molecule has 0 bridgehead atoms. The van der Waals surface area contributed by atoms with Crippen LogP contribution in [0.2, 0.25) is 0 Å². The first kappa shape index (κ1) is 16.4. The van der Waals surface area contributed by atoms with Crippen molar-refractivity contribution in [3.63, 3.8) is 0 Å². The van der Waals surface area contributed by atoms with Gasteiger partial charge in [-0.3, -0.25) is 0 Å². The molecule has 1 unspecified atom stereocenters. The highest BCUT2D eigenvalue weighted by molar-refractivity contribution is 5.75. The highest BCUT2D eigenvalue weighted by atomic mass is 16.7. The van der Waals surface area contributed by atoms with Gasteiger partial charge >= 0.3 is 0 Å². The zero-order chi connectivity index (χ0) is 16.4. The molecule has 5 heteroatoms. The Bertz CT molecular complexity index is 653. The van der Waals surface area contributed by atoms with Crippen molar-refractivity contribution in [1.29, 1.82) is 0 Å². The number of methoxy groups -OCH3 is 2. The van der Waals surface area contributed by atoms with Crippen LogP contribution < -0.4 is 5.73 Å². The van der Waals surface area contributed by atoms with Crippen LogP contribution >= 0.6 is 0 Å². The summed E-state index contributed by atoms with van der Waals surface area (Å²) in [7, 11) is 5.55. The van der Waals surface area contributed by atoms with Gasteiger partial charge in [0.1, 0.15) is 5.82 Å². The van der Waals surface area contributed by atoms with Gasteiger partial charge in [0, 0.05) is 46.6 Å². The Morgan fingerprint density at radius 1 is 1.26 bits per heavy atom. The average molecular weight is 317 g/mol. The van der Waals surface area contributed by atoms with Crippen LogP contribution in [-0.4, -0.2) is 36.1 Å². The lowest BCUT2D eigenvalue weighted by molar-refractivity contribution is -0.228. The van der Waals surface area contributed by atoms with E-state index in [-0.39, 0.29) is 5.92 Å². The Morgan fingerprint density at radius 3 is 2.48 bits per heavy atom. The average Bonchev–Trinajstić information content (AvgIpc) is 2.94. The zero-order valence-electron chi connectivity index (χ0n) is 14.3. The smallest absolute Gasteiger partial charge is 0.167 e. The minimum atomic E-state index is -0.415. The van der Waals surface area contributed by atoms with Crippen LogP contribution in [0, 0.1) is 5.92 Å². The maximum absolute atomic E-state index is 6.14. The molecule has 0 spiro atoms. The Balaban J connectivity index is 1.84. The molecule has 0 radical (unpaired) electrons. The number of nitrogens with zero attached hydrogens (tertiary/aromatic N) is 2. The van der Waals surface area contributed by atoms with Gasteiger partial charge < -0.3 is 19.8 Å². The molecule has 1 aromatic carbocycles. The highest BCUT2D eigenvalue weighted by Gasteiger charge is 2.38. The lowest BCUT2D eigenvalue weighted by Crippen LogP contribution is -2.40. The third kappa shape index (κ3) is 2.89. The summed E-state index contributed by atoms with van der Waals surface area (Å²) in [5.41, 5.74) is 8.35. The molecule has 1 atom stereocenters. The van der Waals surface area contributed by atoms with Gasteiger partial charge in [-0.05, 0) is 30.9 Å². The zero-order valence-corrected chi connectivity index (χ0v) is 14.3. The molecule has 1 saturated carbocycles. The summed E-state index contributed by atoms with van der Waals surface area (Å²) in [4.78, 5) is 4.86. The number of ether oxygens (including phenoxy) is 2. The van der Waals surface area contributed by atoms with Crippen molar-refractivity contribution in [1.82, 2.24) is 9.55 Å².